The Morgan fingerprint density at radius 2 is 1.04 bits per heavy atom. The molecule has 8 rings (SSSR count). The molecule has 0 aliphatic rings. The maximum absolute atomic E-state index is 13.6. The van der Waals surface area contributed by atoms with Gasteiger partial charge in [0.2, 0.25) is 0 Å². The van der Waals surface area contributed by atoms with Crippen molar-refractivity contribution >= 4 is 84.0 Å². The summed E-state index contributed by atoms with van der Waals surface area (Å²) in [6, 6.07) is 38.7. The van der Waals surface area contributed by atoms with E-state index < -0.39 is 13.7 Å². The van der Waals surface area contributed by atoms with Gasteiger partial charge in [-0.1, -0.05) is 109 Å². The largest absolute Gasteiger partial charge is 0.472 e. The first-order valence-electron chi connectivity index (χ1n) is 18.3. The molecule has 6 nitrogen and oxygen atoms in total. The predicted molar refractivity (Wildman–Crippen MR) is 212 cm³/mol. The van der Waals surface area contributed by atoms with Crippen LogP contribution in [0.2, 0.25) is 0 Å². The summed E-state index contributed by atoms with van der Waals surface area (Å²) in [4.78, 5) is 37.1. The number of ketones is 2. The van der Waals surface area contributed by atoms with Gasteiger partial charge in [0.25, 0.3) is 0 Å². The Hall–Kier alpha value is -4.71. The second-order valence-electron chi connectivity index (χ2n) is 14.0. The third-order valence-electron chi connectivity index (χ3n) is 10.7. The number of Topliss-reactive ketones (excluding diaryl/α,β-unsaturated/α-hetero) is 2. The average Bonchev–Trinajstić information content (AvgIpc) is 3.15. The van der Waals surface area contributed by atoms with Crippen molar-refractivity contribution in [1.29, 1.82) is 0 Å². The van der Waals surface area contributed by atoms with Gasteiger partial charge in [-0.3, -0.25) is 18.6 Å². The fourth-order valence-corrected chi connectivity index (χ4v) is 8.96. The summed E-state index contributed by atoms with van der Waals surface area (Å²) < 4.78 is 22.5. The van der Waals surface area contributed by atoms with Crippen LogP contribution < -0.4 is 0 Å². The van der Waals surface area contributed by atoms with Crippen molar-refractivity contribution in [2.24, 2.45) is 5.92 Å². The van der Waals surface area contributed by atoms with Gasteiger partial charge in [0, 0.05) is 25.2 Å². The average molecular weight is 709 g/mol. The maximum atomic E-state index is 13.6. The number of carbonyl (C=O) groups is 2. The number of hydrogen-bond donors (Lipinski definition) is 1. The number of carbonyl (C=O) groups excluding carboxylic acids is 2. The van der Waals surface area contributed by atoms with Crippen molar-refractivity contribution in [3.63, 3.8) is 0 Å². The molecular formula is C45H41O6P. The number of phosphoric acid groups is 1. The first-order valence-corrected chi connectivity index (χ1v) is 19.8. The maximum Gasteiger partial charge on any atom is 0.472 e. The van der Waals surface area contributed by atoms with Crippen LogP contribution in [0.5, 0.6) is 0 Å². The molecular weight excluding hydrogens is 667 g/mol. The molecule has 0 saturated heterocycles. The molecule has 8 aromatic carbocycles. The van der Waals surface area contributed by atoms with Gasteiger partial charge in [-0.05, 0) is 108 Å². The molecule has 0 bridgehead atoms. The zero-order valence-electron chi connectivity index (χ0n) is 29.3. The summed E-state index contributed by atoms with van der Waals surface area (Å²) in [5, 5.41) is 14.7. The Morgan fingerprint density at radius 1 is 0.596 bits per heavy atom. The number of benzene rings is 8. The van der Waals surface area contributed by atoms with E-state index >= 15 is 0 Å². The first kappa shape index (κ1) is 34.4. The van der Waals surface area contributed by atoms with Gasteiger partial charge in [-0.15, -0.1) is 0 Å². The van der Waals surface area contributed by atoms with Gasteiger partial charge in [0.1, 0.15) is 11.6 Å². The molecule has 52 heavy (non-hydrogen) atoms. The fourth-order valence-electron chi connectivity index (χ4n) is 8.19. The Bertz CT molecular complexity index is 2590. The van der Waals surface area contributed by atoms with Gasteiger partial charge >= 0.3 is 7.82 Å². The highest BCUT2D eigenvalue weighted by atomic mass is 31.2. The monoisotopic (exact) mass is 708 g/mol. The molecule has 2 atom stereocenters. The normalized spacial score (nSPS) is 14.0. The molecule has 7 heteroatoms. The van der Waals surface area contributed by atoms with Crippen LogP contribution >= 0.6 is 7.82 Å². The lowest BCUT2D eigenvalue weighted by atomic mass is 9.89. The molecule has 1 N–H and O–H groups in total. The van der Waals surface area contributed by atoms with Crippen LogP contribution in [0.25, 0.3) is 64.6 Å². The fraction of sp³-hybridized carbons (Fsp3) is 0.244. The molecule has 0 aliphatic heterocycles. The highest BCUT2D eigenvalue weighted by molar-refractivity contribution is 7.47. The number of phosphoric ester groups is 1. The predicted octanol–water partition coefficient (Wildman–Crippen LogP) is 11.1. The number of rotatable bonds is 16. The number of hydrogen-bond acceptors (Lipinski definition) is 5. The topological polar surface area (TPSA) is 89.9 Å². The van der Waals surface area contributed by atoms with Gasteiger partial charge < -0.3 is 4.89 Å². The standard InChI is InChI=1S/C45H41O6P/c1-2-50-52(48,49)51-28-37(41(47)14-6-8-30-16-18-36-22-20-32-10-4-12-34-24-26-40(30)45(36)43(32)34)27-38(46)13-5-7-29-15-17-35-21-19-31-9-3-11-33-23-25-39(29)44(35)42(31)33/h3-4,9-12,15-26,37H,2,5-8,13-14,27-28H2,1H3,(H,48,49)/t37-/m1/s1. The van der Waals surface area contributed by atoms with E-state index in [1.165, 1.54) is 75.8 Å². The summed E-state index contributed by atoms with van der Waals surface area (Å²) in [7, 11) is -4.33. The van der Waals surface area contributed by atoms with E-state index in [1.54, 1.807) is 6.92 Å². The van der Waals surface area contributed by atoms with Gasteiger partial charge in [-0.2, -0.15) is 0 Å². The molecule has 0 heterocycles. The van der Waals surface area contributed by atoms with E-state index in [0.29, 0.717) is 25.7 Å². The molecule has 0 amide bonds. The second-order valence-corrected chi connectivity index (χ2v) is 15.4. The summed E-state index contributed by atoms with van der Waals surface area (Å²) >= 11 is 0. The van der Waals surface area contributed by atoms with Crippen LogP contribution in [0.3, 0.4) is 0 Å². The summed E-state index contributed by atoms with van der Waals surface area (Å²) in [5.41, 5.74) is 2.37. The van der Waals surface area contributed by atoms with Gasteiger partial charge in [0.15, 0.2) is 0 Å². The minimum Gasteiger partial charge on any atom is -0.302 e. The van der Waals surface area contributed by atoms with Crippen molar-refractivity contribution in [3.05, 3.63) is 120 Å². The molecule has 8 aromatic rings. The van der Waals surface area contributed by atoms with E-state index in [1.807, 2.05) is 0 Å². The van der Waals surface area contributed by atoms with E-state index in [-0.39, 0.29) is 37.6 Å². The lowest BCUT2D eigenvalue weighted by Crippen LogP contribution is -2.23. The SMILES string of the molecule is CCOP(=O)(O)OC[C@@H](CC(=O)CCCc1ccc2ccc3cccc4ccc1c2c34)C(=O)CCCc1ccc2ccc3cccc4ccc1c2c34. The van der Waals surface area contributed by atoms with Crippen molar-refractivity contribution in [3.8, 4) is 0 Å². The van der Waals surface area contributed by atoms with E-state index in [2.05, 4.69) is 109 Å². The minimum atomic E-state index is -4.33. The third kappa shape index (κ3) is 6.68. The zero-order valence-corrected chi connectivity index (χ0v) is 30.2. The number of aryl methyl sites for hydroxylation is 2. The lowest BCUT2D eigenvalue weighted by molar-refractivity contribution is -0.129. The van der Waals surface area contributed by atoms with Crippen molar-refractivity contribution in [2.45, 2.75) is 51.9 Å². The summed E-state index contributed by atoms with van der Waals surface area (Å²) in [6.07, 6.45) is 3.14. The van der Waals surface area contributed by atoms with Crippen LogP contribution in [0.4, 0.5) is 0 Å². The molecule has 0 aromatic heterocycles. The Morgan fingerprint density at radius 3 is 1.54 bits per heavy atom. The van der Waals surface area contributed by atoms with E-state index in [0.717, 1.165) is 6.42 Å². The highest BCUT2D eigenvalue weighted by Gasteiger charge is 2.28. The smallest absolute Gasteiger partial charge is 0.302 e. The highest BCUT2D eigenvalue weighted by Crippen LogP contribution is 2.44. The molecule has 0 spiro atoms. The Kier molecular flexibility index (Phi) is 9.50. The van der Waals surface area contributed by atoms with E-state index in [4.69, 9.17) is 9.05 Å². The van der Waals surface area contributed by atoms with Crippen LogP contribution in [-0.2, 0) is 36.0 Å². The molecule has 0 radical (unpaired) electrons. The second kappa shape index (κ2) is 14.4. The Balaban J connectivity index is 0.938. The summed E-state index contributed by atoms with van der Waals surface area (Å²) in [6.45, 7) is 1.25. The first-order chi connectivity index (χ1) is 25.3. The molecule has 0 saturated carbocycles. The van der Waals surface area contributed by atoms with Crippen LogP contribution in [-0.4, -0.2) is 29.7 Å². The minimum absolute atomic E-state index is 0.00626. The third-order valence-corrected chi connectivity index (χ3v) is 11.7. The molecule has 0 fully saturated rings. The lowest BCUT2D eigenvalue weighted by Gasteiger charge is -2.18. The van der Waals surface area contributed by atoms with Crippen molar-refractivity contribution < 1.29 is 28.1 Å². The van der Waals surface area contributed by atoms with Crippen LogP contribution in [0.1, 0.15) is 50.2 Å². The van der Waals surface area contributed by atoms with Crippen LogP contribution in [0.15, 0.2) is 109 Å². The Labute approximate surface area is 302 Å². The van der Waals surface area contributed by atoms with Crippen molar-refractivity contribution in [2.75, 3.05) is 13.2 Å². The van der Waals surface area contributed by atoms with E-state index in [9.17, 15) is 19.0 Å². The molecule has 1 unspecified atom stereocenters. The summed E-state index contributed by atoms with van der Waals surface area (Å²) in [5.74, 6) is -1.03. The van der Waals surface area contributed by atoms with Gasteiger partial charge in [-0.25, -0.2) is 4.57 Å². The zero-order chi connectivity index (χ0) is 35.8. The quantitative estimate of drug-likeness (QED) is 0.0794. The molecule has 0 aliphatic carbocycles. The van der Waals surface area contributed by atoms with Crippen molar-refractivity contribution in [1.82, 2.24) is 0 Å². The van der Waals surface area contributed by atoms with Crippen LogP contribution in [0, 0.1) is 5.92 Å². The molecule has 262 valence electrons. The van der Waals surface area contributed by atoms with Gasteiger partial charge in [0.05, 0.1) is 13.2 Å².